The highest BCUT2D eigenvalue weighted by Gasteiger charge is 2.21. The molecule has 0 fully saturated rings. The van der Waals surface area contributed by atoms with E-state index in [1.165, 1.54) is 4.90 Å². The summed E-state index contributed by atoms with van der Waals surface area (Å²) >= 11 is 0. The molecule has 0 atom stereocenters. The number of amides is 3. The van der Waals surface area contributed by atoms with E-state index in [0.717, 1.165) is 11.3 Å². The van der Waals surface area contributed by atoms with Crippen molar-refractivity contribution in [2.24, 2.45) is 0 Å². The summed E-state index contributed by atoms with van der Waals surface area (Å²) in [6.45, 7) is 8.86. The fraction of sp³-hybridized carbons (Fsp3) is 0.417. The Morgan fingerprint density at radius 3 is 2.47 bits per heavy atom. The summed E-state index contributed by atoms with van der Waals surface area (Å²) in [7, 11) is 3.18. The third-order valence-corrected chi connectivity index (χ3v) is 4.90. The van der Waals surface area contributed by atoms with Gasteiger partial charge in [0, 0.05) is 19.6 Å². The fourth-order valence-corrected chi connectivity index (χ4v) is 3.25. The molecular weight excluding hydrogens is 410 g/mol. The van der Waals surface area contributed by atoms with Crippen LogP contribution in [0.2, 0.25) is 0 Å². The topological polar surface area (TPSA) is 84.2 Å². The monoisotopic (exact) mass is 443 g/mol. The third-order valence-electron chi connectivity index (χ3n) is 4.90. The van der Waals surface area contributed by atoms with E-state index in [-0.39, 0.29) is 25.0 Å². The van der Waals surface area contributed by atoms with Crippen molar-refractivity contribution in [1.29, 1.82) is 0 Å². The first-order valence-corrected chi connectivity index (χ1v) is 10.6. The molecule has 0 radical (unpaired) electrons. The summed E-state index contributed by atoms with van der Waals surface area (Å²) in [5.74, 6) is 2.59. The lowest BCUT2D eigenvalue weighted by molar-refractivity contribution is -0.132. The minimum absolute atomic E-state index is 0.0521. The molecule has 3 amide bonds. The first-order valence-electron chi connectivity index (χ1n) is 10.6. The summed E-state index contributed by atoms with van der Waals surface area (Å²) in [4.78, 5) is 28.6. The van der Waals surface area contributed by atoms with E-state index in [0.29, 0.717) is 43.3 Å². The minimum atomic E-state index is -0.297. The van der Waals surface area contributed by atoms with E-state index in [1.54, 1.807) is 25.2 Å². The molecule has 1 heterocycles. The Bertz CT molecular complexity index is 909. The number of hydrogen-bond donors (Lipinski definition) is 1. The molecule has 0 unspecified atom stereocenters. The van der Waals surface area contributed by atoms with Crippen LogP contribution in [-0.2, 0) is 17.8 Å². The molecule has 0 aliphatic rings. The molecule has 32 heavy (non-hydrogen) atoms. The van der Waals surface area contributed by atoms with Crippen LogP contribution in [0.5, 0.6) is 11.5 Å². The van der Waals surface area contributed by atoms with Crippen molar-refractivity contribution in [1.82, 2.24) is 15.1 Å². The molecule has 1 N–H and O–H groups in total. The lowest BCUT2D eigenvalue weighted by Gasteiger charge is -2.27. The molecule has 8 heteroatoms. The van der Waals surface area contributed by atoms with Crippen molar-refractivity contribution < 1.29 is 23.5 Å². The van der Waals surface area contributed by atoms with Gasteiger partial charge in [0.2, 0.25) is 5.91 Å². The summed E-state index contributed by atoms with van der Waals surface area (Å²) < 4.78 is 16.4. The van der Waals surface area contributed by atoms with Crippen LogP contribution in [-0.4, -0.2) is 62.1 Å². The smallest absolute Gasteiger partial charge is 0.318 e. The van der Waals surface area contributed by atoms with E-state index in [9.17, 15) is 9.59 Å². The van der Waals surface area contributed by atoms with Gasteiger partial charge < -0.3 is 29.0 Å². The minimum Gasteiger partial charge on any atom is -0.493 e. The van der Waals surface area contributed by atoms with Crippen LogP contribution in [0.15, 0.2) is 47.4 Å². The van der Waals surface area contributed by atoms with Crippen LogP contribution < -0.4 is 14.8 Å². The Morgan fingerprint density at radius 2 is 1.88 bits per heavy atom. The number of aryl methyl sites for hydroxylation is 1. The van der Waals surface area contributed by atoms with E-state index < -0.39 is 0 Å². The molecule has 8 nitrogen and oxygen atoms in total. The second-order valence-corrected chi connectivity index (χ2v) is 7.27. The molecule has 0 saturated carbocycles. The van der Waals surface area contributed by atoms with Gasteiger partial charge in [-0.25, -0.2) is 4.79 Å². The number of nitrogens with one attached hydrogen (secondary N) is 1. The number of carbonyl (C=O) groups is 2. The maximum Gasteiger partial charge on any atom is 0.318 e. The Kier molecular flexibility index (Phi) is 9.66. The zero-order valence-corrected chi connectivity index (χ0v) is 19.3. The number of nitrogens with zero attached hydrogens (tertiary/aromatic N) is 2. The van der Waals surface area contributed by atoms with Crippen LogP contribution in [0.4, 0.5) is 4.79 Å². The third kappa shape index (κ3) is 7.08. The number of urea groups is 1. The van der Waals surface area contributed by atoms with Crippen molar-refractivity contribution in [3.05, 3.63) is 60.1 Å². The Hall–Kier alpha value is -3.42. The van der Waals surface area contributed by atoms with Gasteiger partial charge in [-0.1, -0.05) is 12.1 Å². The Labute approximate surface area is 189 Å². The van der Waals surface area contributed by atoms with Crippen LogP contribution >= 0.6 is 0 Å². The average molecular weight is 444 g/mol. The predicted molar refractivity (Wildman–Crippen MR) is 123 cm³/mol. The Balaban J connectivity index is 2.16. The highest BCUT2D eigenvalue weighted by Crippen LogP contribution is 2.27. The van der Waals surface area contributed by atoms with Crippen molar-refractivity contribution in [3.63, 3.8) is 0 Å². The highest BCUT2D eigenvalue weighted by atomic mass is 16.5. The number of ether oxygens (including phenoxy) is 2. The van der Waals surface area contributed by atoms with Gasteiger partial charge in [-0.2, -0.15) is 0 Å². The lowest BCUT2D eigenvalue weighted by Crippen LogP contribution is -2.47. The van der Waals surface area contributed by atoms with Gasteiger partial charge in [-0.05, 0) is 50.1 Å². The Morgan fingerprint density at radius 1 is 1.12 bits per heavy atom. The average Bonchev–Trinajstić information content (AvgIpc) is 3.20. The van der Waals surface area contributed by atoms with Gasteiger partial charge in [0.25, 0.3) is 0 Å². The van der Waals surface area contributed by atoms with Gasteiger partial charge in [0.15, 0.2) is 11.5 Å². The van der Waals surface area contributed by atoms with E-state index in [1.807, 2.05) is 44.2 Å². The van der Waals surface area contributed by atoms with E-state index in [2.05, 4.69) is 11.9 Å². The summed E-state index contributed by atoms with van der Waals surface area (Å²) in [5, 5.41) is 2.73. The maximum absolute atomic E-state index is 13.2. The largest absolute Gasteiger partial charge is 0.493 e. The molecule has 0 aliphatic carbocycles. The number of furan rings is 1. The van der Waals surface area contributed by atoms with Gasteiger partial charge in [-0.3, -0.25) is 4.79 Å². The van der Waals surface area contributed by atoms with Gasteiger partial charge >= 0.3 is 6.03 Å². The van der Waals surface area contributed by atoms with E-state index in [4.69, 9.17) is 13.9 Å². The first kappa shape index (κ1) is 24.8. The number of rotatable bonds is 12. The zero-order valence-electron chi connectivity index (χ0n) is 19.3. The maximum atomic E-state index is 13.2. The molecule has 2 aromatic rings. The standard InChI is InChI=1S/C24H33N3O5/c1-6-13-27(24(29)25-7-2)17-23(28)26(16-20-10-8-18(3)32-20)14-12-19-9-11-21(30-4)22(15-19)31-5/h6,8-11,15H,1,7,12-14,16-17H2,2-5H3,(H,25,29). The highest BCUT2D eigenvalue weighted by molar-refractivity contribution is 5.84. The van der Waals surface area contributed by atoms with Gasteiger partial charge in [0.05, 0.1) is 20.8 Å². The fourth-order valence-electron chi connectivity index (χ4n) is 3.25. The molecular formula is C24H33N3O5. The van der Waals surface area contributed by atoms with Crippen molar-refractivity contribution in [3.8, 4) is 11.5 Å². The number of carbonyl (C=O) groups excluding carboxylic acids is 2. The molecule has 0 saturated heterocycles. The second kappa shape index (κ2) is 12.4. The summed E-state index contributed by atoms with van der Waals surface area (Å²) in [6, 6.07) is 9.12. The second-order valence-electron chi connectivity index (χ2n) is 7.27. The molecule has 0 bridgehead atoms. The van der Waals surface area contributed by atoms with Gasteiger partial charge in [0.1, 0.15) is 18.1 Å². The molecule has 1 aromatic carbocycles. The van der Waals surface area contributed by atoms with Crippen molar-refractivity contribution >= 4 is 11.9 Å². The molecule has 0 aliphatic heterocycles. The summed E-state index contributed by atoms with van der Waals surface area (Å²) in [5.41, 5.74) is 1.00. The van der Waals surface area contributed by atoms with Crippen LogP contribution in [0.3, 0.4) is 0 Å². The van der Waals surface area contributed by atoms with Crippen LogP contribution in [0, 0.1) is 6.92 Å². The zero-order chi connectivity index (χ0) is 23.5. The molecule has 0 spiro atoms. The van der Waals surface area contributed by atoms with Crippen molar-refractivity contribution in [2.75, 3.05) is 40.4 Å². The quantitative estimate of drug-likeness (QED) is 0.509. The number of benzene rings is 1. The van der Waals surface area contributed by atoms with E-state index >= 15 is 0 Å². The normalized spacial score (nSPS) is 10.4. The molecule has 174 valence electrons. The van der Waals surface area contributed by atoms with Crippen LogP contribution in [0.1, 0.15) is 24.0 Å². The van der Waals surface area contributed by atoms with Crippen LogP contribution in [0.25, 0.3) is 0 Å². The molecule has 1 aromatic heterocycles. The SMILES string of the molecule is C=CCN(CC(=O)N(CCc1ccc(OC)c(OC)c1)Cc1ccc(C)o1)C(=O)NCC. The first-order chi connectivity index (χ1) is 15.4. The lowest BCUT2D eigenvalue weighted by atomic mass is 10.1. The summed E-state index contributed by atoms with van der Waals surface area (Å²) in [6.07, 6.45) is 2.21. The number of methoxy groups -OCH3 is 2. The molecule has 2 rings (SSSR count). The number of hydrogen-bond acceptors (Lipinski definition) is 5. The van der Waals surface area contributed by atoms with Gasteiger partial charge in [-0.15, -0.1) is 6.58 Å². The van der Waals surface area contributed by atoms with Crippen molar-refractivity contribution in [2.45, 2.75) is 26.8 Å². The predicted octanol–water partition coefficient (Wildman–Crippen LogP) is 3.39.